The van der Waals surface area contributed by atoms with Crippen LogP contribution in [0.1, 0.15) is 72.1 Å². The van der Waals surface area contributed by atoms with Crippen LogP contribution in [0.25, 0.3) is 0 Å². The van der Waals surface area contributed by atoms with Gasteiger partial charge >= 0.3 is 17.9 Å². The van der Waals surface area contributed by atoms with Gasteiger partial charge in [0.1, 0.15) is 36.3 Å². The van der Waals surface area contributed by atoms with Gasteiger partial charge in [0.25, 0.3) is 0 Å². The van der Waals surface area contributed by atoms with Crippen molar-refractivity contribution >= 4 is 65.2 Å². The van der Waals surface area contributed by atoms with E-state index < -0.39 is 153 Å². The summed E-state index contributed by atoms with van der Waals surface area (Å²) in [5.41, 5.74) is 16.3. The number of carbonyl (C=O) groups excluding carboxylic acids is 8. The van der Waals surface area contributed by atoms with Crippen molar-refractivity contribution in [2.45, 2.75) is 114 Å². The zero-order valence-corrected chi connectivity index (χ0v) is 32.4. The zero-order valence-electron chi connectivity index (χ0n) is 32.4. The van der Waals surface area contributed by atoms with Crippen LogP contribution >= 0.6 is 0 Å². The minimum atomic E-state index is -1.83. The van der Waals surface area contributed by atoms with Crippen LogP contribution in [-0.4, -0.2) is 148 Å². The predicted molar refractivity (Wildman–Crippen MR) is 198 cm³/mol. The largest absolute Gasteiger partial charge is 0.481 e. The summed E-state index contributed by atoms with van der Waals surface area (Å²) < 4.78 is 0. The van der Waals surface area contributed by atoms with Crippen LogP contribution in [0.4, 0.5) is 0 Å². The summed E-state index contributed by atoms with van der Waals surface area (Å²) in [6.45, 7) is 2.97. The van der Waals surface area contributed by atoms with Crippen LogP contribution in [0.3, 0.4) is 0 Å². The highest BCUT2D eigenvalue weighted by Gasteiger charge is 2.33. The van der Waals surface area contributed by atoms with E-state index in [0.717, 1.165) is 6.92 Å². The fraction of sp³-hybridized carbons (Fsp3) is 0.667. The Bertz CT molecular complexity index is 1490. The number of nitrogens with two attached hydrogens (primary N) is 3. The Labute approximate surface area is 332 Å². The van der Waals surface area contributed by atoms with Gasteiger partial charge in [-0.25, -0.2) is 4.79 Å². The Morgan fingerprint density at radius 2 is 1.07 bits per heavy atom. The number of aliphatic hydroxyl groups excluding tert-OH is 1. The number of hydrogen-bond acceptors (Lipinski definition) is 14. The molecule has 0 unspecified atom stereocenters. The maximum atomic E-state index is 13.3. The number of amides is 8. The molecule has 0 aliphatic rings. The number of carbonyl (C=O) groups is 11. The minimum Gasteiger partial charge on any atom is -0.481 e. The van der Waals surface area contributed by atoms with Crippen LogP contribution in [0.5, 0.6) is 0 Å². The molecule has 25 heteroatoms. The highest BCUT2D eigenvalue weighted by Crippen LogP contribution is 2.06. The van der Waals surface area contributed by atoms with Crippen molar-refractivity contribution in [3.8, 4) is 0 Å². The minimum absolute atomic E-state index is 0.0128. The number of aliphatic hydroxyl groups is 1. The molecule has 0 saturated carbocycles. The molecule has 0 spiro atoms. The summed E-state index contributed by atoms with van der Waals surface area (Å²) in [6, 6.07) is -10.8. The maximum Gasteiger partial charge on any atom is 0.326 e. The average molecular weight is 833 g/mol. The van der Waals surface area contributed by atoms with E-state index in [9.17, 15) is 73.2 Å². The van der Waals surface area contributed by atoms with E-state index in [4.69, 9.17) is 17.2 Å². The van der Waals surface area contributed by atoms with E-state index >= 15 is 0 Å². The van der Waals surface area contributed by atoms with E-state index in [-0.39, 0.29) is 18.9 Å². The van der Waals surface area contributed by atoms with Gasteiger partial charge in [0, 0.05) is 12.8 Å². The number of rotatable bonds is 29. The molecule has 328 valence electrons. The summed E-state index contributed by atoms with van der Waals surface area (Å²) in [7, 11) is 0. The number of nitrogens with one attached hydrogen (secondary N) is 7. The molecule has 0 saturated heterocycles. The SMILES string of the molecule is CC(C)[C@H](N)C(=O)NCC(=O)N[C@@H](CC(=O)O)C(=O)N[C@@H](CCC(=O)O)C(=O)N[C@@H](C)C(=O)N[C@@H](CCC(N)=O)C(=O)N[C@@H](CO)C(=O)N[C@@H](CCCCN)C(=O)O. The molecule has 17 N–H and O–H groups in total. The van der Waals surface area contributed by atoms with Gasteiger partial charge in [0.2, 0.25) is 47.3 Å². The zero-order chi connectivity index (χ0) is 44.7. The Hall–Kier alpha value is -5.95. The maximum absolute atomic E-state index is 13.3. The Kier molecular flexibility index (Phi) is 24.1. The van der Waals surface area contributed by atoms with Gasteiger partial charge in [-0.3, -0.25) is 47.9 Å². The van der Waals surface area contributed by atoms with Crippen molar-refractivity contribution in [1.29, 1.82) is 0 Å². The molecule has 25 nitrogen and oxygen atoms in total. The van der Waals surface area contributed by atoms with Crippen molar-refractivity contribution in [2.24, 2.45) is 23.1 Å². The van der Waals surface area contributed by atoms with Crippen molar-refractivity contribution in [3.63, 3.8) is 0 Å². The molecule has 0 rings (SSSR count). The van der Waals surface area contributed by atoms with Gasteiger partial charge in [-0.05, 0) is 51.5 Å². The van der Waals surface area contributed by atoms with Gasteiger partial charge in [-0.15, -0.1) is 0 Å². The molecule has 58 heavy (non-hydrogen) atoms. The number of hydrogen-bond donors (Lipinski definition) is 14. The molecule has 0 aromatic carbocycles. The molecule has 0 aliphatic carbocycles. The van der Waals surface area contributed by atoms with Crippen molar-refractivity contribution in [3.05, 3.63) is 0 Å². The second kappa shape index (κ2) is 26.8. The van der Waals surface area contributed by atoms with Crippen molar-refractivity contribution < 1.29 is 73.2 Å². The lowest BCUT2D eigenvalue weighted by Gasteiger charge is -2.26. The first-order chi connectivity index (χ1) is 27.0. The number of aliphatic carboxylic acids is 3. The van der Waals surface area contributed by atoms with Gasteiger partial charge in [-0.2, -0.15) is 0 Å². The van der Waals surface area contributed by atoms with Crippen LogP contribution in [-0.2, 0) is 52.7 Å². The second-order valence-electron chi connectivity index (χ2n) is 13.4. The molecule has 8 amide bonds. The van der Waals surface area contributed by atoms with E-state index in [1.807, 2.05) is 0 Å². The third kappa shape index (κ3) is 20.8. The number of carboxylic acids is 3. The van der Waals surface area contributed by atoms with Crippen LogP contribution in [0.15, 0.2) is 0 Å². The fourth-order valence-corrected chi connectivity index (χ4v) is 4.75. The molecule has 0 bridgehead atoms. The monoisotopic (exact) mass is 832 g/mol. The summed E-state index contributed by atoms with van der Waals surface area (Å²) in [6.07, 6.45) is -2.46. The Balaban J connectivity index is 5.94. The smallest absolute Gasteiger partial charge is 0.326 e. The van der Waals surface area contributed by atoms with Crippen LogP contribution in [0, 0.1) is 5.92 Å². The van der Waals surface area contributed by atoms with E-state index in [0.29, 0.717) is 12.8 Å². The Morgan fingerprint density at radius 1 is 0.569 bits per heavy atom. The lowest BCUT2D eigenvalue weighted by atomic mass is 10.1. The normalized spacial score (nSPS) is 14.5. The predicted octanol–water partition coefficient (Wildman–Crippen LogP) is -6.17. The van der Waals surface area contributed by atoms with Gasteiger partial charge in [0.15, 0.2) is 0 Å². The molecule has 0 aliphatic heterocycles. The van der Waals surface area contributed by atoms with E-state index in [1.54, 1.807) is 13.8 Å². The first kappa shape index (κ1) is 52.0. The van der Waals surface area contributed by atoms with E-state index in [1.165, 1.54) is 0 Å². The highest BCUT2D eigenvalue weighted by atomic mass is 16.4. The van der Waals surface area contributed by atoms with E-state index in [2.05, 4.69) is 37.2 Å². The van der Waals surface area contributed by atoms with Gasteiger partial charge in [-0.1, -0.05) is 13.8 Å². The molecule has 0 heterocycles. The third-order valence-electron chi connectivity index (χ3n) is 8.20. The molecule has 0 radical (unpaired) electrons. The van der Waals surface area contributed by atoms with Crippen LogP contribution in [0.2, 0.25) is 0 Å². The summed E-state index contributed by atoms with van der Waals surface area (Å²) in [5.74, 6) is -13.0. The molecule has 0 aromatic heterocycles. The summed E-state index contributed by atoms with van der Waals surface area (Å²) >= 11 is 0. The molecule has 0 aromatic rings. The average Bonchev–Trinajstić information content (AvgIpc) is 3.13. The Morgan fingerprint density at radius 3 is 1.57 bits per heavy atom. The number of unbranched alkanes of at least 4 members (excludes halogenated alkanes) is 1. The van der Waals surface area contributed by atoms with Gasteiger partial charge < -0.3 is 74.8 Å². The molecular formula is C33H56N10O15. The van der Waals surface area contributed by atoms with Gasteiger partial charge in [0.05, 0.1) is 25.6 Å². The lowest BCUT2D eigenvalue weighted by Crippen LogP contribution is -2.59. The first-order valence-corrected chi connectivity index (χ1v) is 18.1. The summed E-state index contributed by atoms with van der Waals surface area (Å²) in [4.78, 5) is 136. The topological polar surface area (TPSA) is 431 Å². The lowest BCUT2D eigenvalue weighted by molar-refractivity contribution is -0.143. The third-order valence-corrected chi connectivity index (χ3v) is 8.20. The highest BCUT2D eigenvalue weighted by molar-refractivity contribution is 5.98. The van der Waals surface area contributed by atoms with Crippen LogP contribution < -0.4 is 54.4 Å². The van der Waals surface area contributed by atoms with Crippen molar-refractivity contribution in [1.82, 2.24) is 37.2 Å². The quantitative estimate of drug-likeness (QED) is 0.0312. The molecule has 7 atom stereocenters. The van der Waals surface area contributed by atoms with Crippen molar-refractivity contribution in [2.75, 3.05) is 19.7 Å². The fourth-order valence-electron chi connectivity index (χ4n) is 4.75. The molecular weight excluding hydrogens is 776 g/mol. The number of primary amides is 1. The number of carboxylic acid groups (broad SMARTS) is 3. The molecule has 0 fully saturated rings. The second-order valence-corrected chi connectivity index (χ2v) is 13.4. The summed E-state index contributed by atoms with van der Waals surface area (Å²) in [5, 5.41) is 53.0. The first-order valence-electron chi connectivity index (χ1n) is 18.1. The standard InChI is InChI=1S/C33H56N10O15/c1-15(2)26(36)32(56)37-13-23(46)39-20(12-25(49)50)30(54)41-18(8-10-24(47)48)28(52)38-16(3)27(51)40-17(7-9-22(35)45)29(53)43-21(14-44)31(55)42-19(33(57)58)6-4-5-11-34/h15-21,26,44H,4-14,34,36H2,1-3H3,(H2,35,45)(H,37,56)(H,38,52)(H,39,46)(H,40,51)(H,41,54)(H,42,55)(H,43,53)(H,47,48)(H,49,50)(H,57,58)/t16-,17-,18-,19-,20-,21-,26-/m0/s1.